The van der Waals surface area contributed by atoms with E-state index in [0.29, 0.717) is 0 Å². The van der Waals surface area contributed by atoms with E-state index in [9.17, 15) is 4.79 Å². The van der Waals surface area contributed by atoms with Crippen molar-refractivity contribution in [2.24, 2.45) is 0 Å². The Bertz CT molecular complexity index is 371. The van der Waals surface area contributed by atoms with Gasteiger partial charge in [0.2, 0.25) is 0 Å². The smallest absolute Gasteiger partial charge is 0.304 e. The lowest BCUT2D eigenvalue weighted by atomic mass is 9.86. The van der Waals surface area contributed by atoms with Crippen molar-refractivity contribution in [2.45, 2.75) is 45.1 Å². The van der Waals surface area contributed by atoms with Gasteiger partial charge in [0.1, 0.15) is 0 Å². The van der Waals surface area contributed by atoms with Gasteiger partial charge in [-0.15, -0.1) is 0 Å². The van der Waals surface area contributed by atoms with Crippen molar-refractivity contribution < 1.29 is 9.90 Å². The van der Waals surface area contributed by atoms with Gasteiger partial charge in [-0.3, -0.25) is 9.48 Å². The van der Waals surface area contributed by atoms with Crippen LogP contribution in [0.15, 0.2) is 6.20 Å². The average Bonchev–Trinajstić information content (AvgIpc) is 2.61. The molecule has 2 rings (SSSR count). The van der Waals surface area contributed by atoms with Crippen LogP contribution in [-0.4, -0.2) is 20.9 Å². The van der Waals surface area contributed by atoms with Crippen LogP contribution in [0.1, 0.15) is 43.4 Å². The van der Waals surface area contributed by atoms with E-state index >= 15 is 0 Å². The van der Waals surface area contributed by atoms with E-state index in [1.807, 2.05) is 11.6 Å². The van der Waals surface area contributed by atoms with Crippen molar-refractivity contribution in [3.05, 3.63) is 17.5 Å². The molecule has 1 heterocycles. The Hall–Kier alpha value is -1.32. The molecule has 0 radical (unpaired) electrons. The molecule has 1 aromatic heterocycles. The van der Waals surface area contributed by atoms with Crippen molar-refractivity contribution in [1.82, 2.24) is 9.78 Å². The third kappa shape index (κ3) is 2.03. The number of fused-ring (bicyclic) bond motifs is 1. The van der Waals surface area contributed by atoms with E-state index in [-0.39, 0.29) is 12.3 Å². The molecule has 1 aliphatic rings. The van der Waals surface area contributed by atoms with Crippen LogP contribution >= 0.6 is 0 Å². The summed E-state index contributed by atoms with van der Waals surface area (Å²) in [6, 6.07) is 0. The summed E-state index contributed by atoms with van der Waals surface area (Å²) in [7, 11) is 0. The minimum atomic E-state index is -0.723. The van der Waals surface area contributed by atoms with E-state index in [4.69, 9.17) is 5.11 Å². The summed E-state index contributed by atoms with van der Waals surface area (Å²) in [5.41, 5.74) is 2.26. The summed E-state index contributed by atoms with van der Waals surface area (Å²) in [4.78, 5) is 10.7. The highest BCUT2D eigenvalue weighted by Crippen LogP contribution is 2.32. The van der Waals surface area contributed by atoms with Crippen LogP contribution in [-0.2, 0) is 17.8 Å². The molecule has 0 saturated carbocycles. The van der Waals surface area contributed by atoms with E-state index in [1.54, 1.807) is 0 Å². The highest BCUT2D eigenvalue weighted by Gasteiger charge is 2.25. The third-order valence-corrected chi connectivity index (χ3v) is 3.00. The van der Waals surface area contributed by atoms with Gasteiger partial charge in [-0.05, 0) is 31.7 Å². The molecule has 1 unspecified atom stereocenters. The molecule has 1 atom stereocenters. The second-order valence-electron chi connectivity index (χ2n) is 4.08. The number of rotatable bonds is 3. The molecular weight excluding hydrogens is 192 g/mol. The fourth-order valence-electron chi connectivity index (χ4n) is 2.26. The van der Waals surface area contributed by atoms with Gasteiger partial charge in [-0.2, -0.15) is 5.10 Å². The molecule has 15 heavy (non-hydrogen) atoms. The highest BCUT2D eigenvalue weighted by atomic mass is 16.4. The monoisotopic (exact) mass is 208 g/mol. The molecule has 0 aromatic carbocycles. The fourth-order valence-corrected chi connectivity index (χ4v) is 2.26. The molecule has 4 heteroatoms. The van der Waals surface area contributed by atoms with Crippen LogP contribution in [0.5, 0.6) is 0 Å². The van der Waals surface area contributed by atoms with Gasteiger partial charge in [-0.25, -0.2) is 0 Å². The lowest BCUT2D eigenvalue weighted by Gasteiger charge is -2.18. The SMILES string of the molecule is CCn1cc2c(n1)C(CC(=O)O)CCC2. The summed E-state index contributed by atoms with van der Waals surface area (Å²) < 4.78 is 1.91. The molecule has 0 bridgehead atoms. The second-order valence-corrected chi connectivity index (χ2v) is 4.08. The Balaban J connectivity index is 2.24. The molecule has 0 aliphatic heterocycles. The number of aromatic nitrogens is 2. The first-order valence-electron chi connectivity index (χ1n) is 5.48. The number of hydrogen-bond acceptors (Lipinski definition) is 2. The minimum absolute atomic E-state index is 0.124. The summed E-state index contributed by atoms with van der Waals surface area (Å²) in [6.45, 7) is 2.90. The van der Waals surface area contributed by atoms with Crippen molar-refractivity contribution in [2.75, 3.05) is 0 Å². The largest absolute Gasteiger partial charge is 0.481 e. The average molecular weight is 208 g/mol. The molecule has 1 aromatic rings. The van der Waals surface area contributed by atoms with Crippen molar-refractivity contribution >= 4 is 5.97 Å². The second kappa shape index (κ2) is 4.04. The van der Waals surface area contributed by atoms with Crippen molar-refractivity contribution in [3.8, 4) is 0 Å². The summed E-state index contributed by atoms with van der Waals surface area (Å²) >= 11 is 0. The first-order chi connectivity index (χ1) is 7.20. The molecule has 4 nitrogen and oxygen atoms in total. The number of hydrogen-bond donors (Lipinski definition) is 1. The maximum Gasteiger partial charge on any atom is 0.304 e. The number of nitrogens with zero attached hydrogens (tertiary/aromatic N) is 2. The van der Waals surface area contributed by atoms with Crippen LogP contribution in [0.2, 0.25) is 0 Å². The molecule has 0 spiro atoms. The van der Waals surface area contributed by atoms with Crippen LogP contribution in [0, 0.1) is 0 Å². The maximum absolute atomic E-state index is 10.7. The number of carbonyl (C=O) groups is 1. The summed E-state index contributed by atoms with van der Waals surface area (Å²) in [5.74, 6) is -0.599. The van der Waals surface area contributed by atoms with Crippen molar-refractivity contribution in [1.29, 1.82) is 0 Å². The first kappa shape index (κ1) is 10.2. The Morgan fingerprint density at radius 3 is 3.20 bits per heavy atom. The highest BCUT2D eigenvalue weighted by molar-refractivity contribution is 5.68. The molecule has 0 amide bonds. The Kier molecular flexibility index (Phi) is 2.75. The quantitative estimate of drug-likeness (QED) is 0.824. The van der Waals surface area contributed by atoms with Crippen LogP contribution in [0.25, 0.3) is 0 Å². The fraction of sp³-hybridized carbons (Fsp3) is 0.636. The van der Waals surface area contributed by atoms with Crippen LogP contribution in [0.3, 0.4) is 0 Å². The van der Waals surface area contributed by atoms with Gasteiger partial charge in [0.05, 0.1) is 12.1 Å². The zero-order valence-electron chi connectivity index (χ0n) is 8.94. The summed E-state index contributed by atoms with van der Waals surface area (Å²) in [5, 5.41) is 13.3. The van der Waals surface area contributed by atoms with Gasteiger partial charge in [-0.1, -0.05) is 0 Å². The Morgan fingerprint density at radius 2 is 2.53 bits per heavy atom. The van der Waals surface area contributed by atoms with Crippen LogP contribution < -0.4 is 0 Å². The Labute approximate surface area is 88.9 Å². The third-order valence-electron chi connectivity index (χ3n) is 3.00. The normalized spacial score (nSPS) is 19.9. The zero-order chi connectivity index (χ0) is 10.8. The lowest BCUT2D eigenvalue weighted by molar-refractivity contribution is -0.137. The van der Waals surface area contributed by atoms with Gasteiger partial charge in [0, 0.05) is 18.7 Å². The molecule has 82 valence electrons. The van der Waals surface area contributed by atoms with Crippen molar-refractivity contribution in [3.63, 3.8) is 0 Å². The number of aliphatic carboxylic acids is 1. The molecule has 1 aliphatic carbocycles. The standard InChI is InChI=1S/C11H16N2O2/c1-2-13-7-9-5-3-4-8(6-10(14)15)11(9)12-13/h7-8H,2-6H2,1H3,(H,14,15). The van der Waals surface area contributed by atoms with Gasteiger partial charge >= 0.3 is 5.97 Å². The molecule has 1 N–H and O–H groups in total. The van der Waals surface area contributed by atoms with Gasteiger partial charge in [0.25, 0.3) is 0 Å². The minimum Gasteiger partial charge on any atom is -0.481 e. The van der Waals surface area contributed by atoms with E-state index in [0.717, 1.165) is 31.5 Å². The lowest BCUT2D eigenvalue weighted by Crippen LogP contribution is -2.13. The first-order valence-corrected chi connectivity index (χ1v) is 5.48. The van der Waals surface area contributed by atoms with E-state index < -0.39 is 5.97 Å². The predicted molar refractivity (Wildman–Crippen MR) is 55.8 cm³/mol. The predicted octanol–water partition coefficient (Wildman–Crippen LogP) is 1.80. The molecule has 0 saturated heterocycles. The van der Waals surface area contributed by atoms with E-state index in [2.05, 4.69) is 11.3 Å². The van der Waals surface area contributed by atoms with E-state index in [1.165, 1.54) is 5.56 Å². The molecule has 0 fully saturated rings. The number of carboxylic acid groups (broad SMARTS) is 1. The maximum atomic E-state index is 10.7. The molecular formula is C11H16N2O2. The van der Waals surface area contributed by atoms with Crippen LogP contribution in [0.4, 0.5) is 0 Å². The number of carboxylic acids is 1. The number of aryl methyl sites for hydroxylation is 2. The van der Waals surface area contributed by atoms with Gasteiger partial charge < -0.3 is 5.11 Å². The topological polar surface area (TPSA) is 55.1 Å². The Morgan fingerprint density at radius 1 is 1.73 bits per heavy atom. The summed E-state index contributed by atoms with van der Waals surface area (Å²) in [6.07, 6.45) is 5.36. The zero-order valence-corrected chi connectivity index (χ0v) is 8.94. The van der Waals surface area contributed by atoms with Gasteiger partial charge in [0.15, 0.2) is 0 Å².